The number of nitriles is 1. The molecule has 0 unspecified atom stereocenters. The molecule has 0 aliphatic carbocycles. The molecule has 1 heterocycles. The second-order valence-corrected chi connectivity index (χ2v) is 6.88. The van der Waals surface area contributed by atoms with Gasteiger partial charge in [0.05, 0.1) is 22.9 Å². The van der Waals surface area contributed by atoms with E-state index in [1.165, 1.54) is 22.8 Å². The van der Waals surface area contributed by atoms with Crippen LogP contribution in [-0.2, 0) is 23.5 Å². The van der Waals surface area contributed by atoms with Gasteiger partial charge in [0, 0.05) is 18.8 Å². The number of fused-ring (bicyclic) bond motifs is 1. The molecule has 0 aliphatic rings. The maximum absolute atomic E-state index is 12.5. The van der Waals surface area contributed by atoms with Gasteiger partial charge in [-0.25, -0.2) is 13.2 Å². The molecule has 122 valence electrons. The Labute approximate surface area is 137 Å². The number of hydrogen-bond acceptors (Lipinski definition) is 5. The van der Waals surface area contributed by atoms with Crippen molar-refractivity contribution < 1.29 is 12.8 Å². The van der Waals surface area contributed by atoms with E-state index in [4.69, 9.17) is 9.68 Å². The SMILES string of the molecule is Cn1c(=O)oc2cc(S(=O)(=O)Nc3ccc(CC#N)cc3)ccc21. The van der Waals surface area contributed by atoms with E-state index >= 15 is 0 Å². The standard InChI is InChI=1S/C16H13N3O4S/c1-19-14-7-6-13(10-15(14)23-16(19)20)24(21,22)18-12-4-2-11(3-5-12)8-9-17/h2-7,10,18H,8H2,1H3. The lowest BCUT2D eigenvalue weighted by atomic mass is 10.1. The van der Waals surface area contributed by atoms with Crippen molar-refractivity contribution in [3.8, 4) is 6.07 Å². The molecule has 0 atom stereocenters. The van der Waals surface area contributed by atoms with Crippen molar-refractivity contribution in [2.24, 2.45) is 7.05 Å². The number of rotatable bonds is 4. The Morgan fingerprint density at radius 2 is 1.92 bits per heavy atom. The molecule has 24 heavy (non-hydrogen) atoms. The molecular weight excluding hydrogens is 330 g/mol. The monoisotopic (exact) mass is 343 g/mol. The summed E-state index contributed by atoms with van der Waals surface area (Å²) in [5.41, 5.74) is 1.90. The largest absolute Gasteiger partial charge is 0.419 e. The van der Waals surface area contributed by atoms with Crippen molar-refractivity contribution >= 4 is 26.8 Å². The van der Waals surface area contributed by atoms with E-state index in [1.54, 1.807) is 31.3 Å². The molecule has 3 rings (SSSR count). The predicted molar refractivity (Wildman–Crippen MR) is 88.0 cm³/mol. The van der Waals surface area contributed by atoms with Crippen LogP contribution in [0.2, 0.25) is 0 Å². The van der Waals surface area contributed by atoms with Crippen LogP contribution >= 0.6 is 0 Å². The van der Waals surface area contributed by atoms with E-state index in [0.29, 0.717) is 11.2 Å². The Morgan fingerprint density at radius 1 is 1.21 bits per heavy atom. The van der Waals surface area contributed by atoms with Gasteiger partial charge in [-0.05, 0) is 29.8 Å². The summed E-state index contributed by atoms with van der Waals surface area (Å²) in [6.07, 6.45) is 0.261. The van der Waals surface area contributed by atoms with Crippen LogP contribution in [0.3, 0.4) is 0 Å². The quantitative estimate of drug-likeness (QED) is 0.780. The molecule has 1 N–H and O–H groups in total. The van der Waals surface area contributed by atoms with Crippen molar-refractivity contribution in [1.29, 1.82) is 5.26 Å². The number of benzene rings is 2. The Kier molecular flexibility index (Phi) is 3.87. The average molecular weight is 343 g/mol. The zero-order valence-corrected chi connectivity index (χ0v) is 13.5. The van der Waals surface area contributed by atoms with Crippen LogP contribution in [0.1, 0.15) is 5.56 Å². The molecule has 0 amide bonds. The highest BCUT2D eigenvalue weighted by Crippen LogP contribution is 2.21. The van der Waals surface area contributed by atoms with Gasteiger partial charge in [0.25, 0.3) is 10.0 Å². The Bertz CT molecular complexity index is 1100. The fraction of sp³-hybridized carbons (Fsp3) is 0.125. The molecule has 0 fully saturated rings. The lowest BCUT2D eigenvalue weighted by Crippen LogP contribution is -2.13. The highest BCUT2D eigenvalue weighted by Gasteiger charge is 2.17. The van der Waals surface area contributed by atoms with Crippen LogP contribution in [0.4, 0.5) is 5.69 Å². The van der Waals surface area contributed by atoms with Crippen LogP contribution in [-0.4, -0.2) is 13.0 Å². The molecule has 7 nitrogen and oxygen atoms in total. The minimum Gasteiger partial charge on any atom is -0.408 e. The summed E-state index contributed by atoms with van der Waals surface area (Å²) in [6, 6.07) is 12.8. The summed E-state index contributed by atoms with van der Waals surface area (Å²) >= 11 is 0. The number of sulfonamides is 1. The molecular formula is C16H13N3O4S. The molecule has 8 heteroatoms. The van der Waals surface area contributed by atoms with E-state index in [2.05, 4.69) is 4.72 Å². The number of aromatic nitrogens is 1. The van der Waals surface area contributed by atoms with Gasteiger partial charge in [-0.15, -0.1) is 0 Å². The van der Waals surface area contributed by atoms with Crippen LogP contribution in [0.15, 0.2) is 56.6 Å². The van der Waals surface area contributed by atoms with Crippen molar-refractivity contribution in [2.45, 2.75) is 11.3 Å². The van der Waals surface area contributed by atoms with Gasteiger partial charge < -0.3 is 4.42 Å². The maximum Gasteiger partial charge on any atom is 0.419 e. The number of nitrogens with zero attached hydrogens (tertiary/aromatic N) is 2. The van der Waals surface area contributed by atoms with Crippen molar-refractivity contribution in [1.82, 2.24) is 4.57 Å². The van der Waals surface area contributed by atoms with Crippen LogP contribution in [0, 0.1) is 11.3 Å². The predicted octanol–water partition coefficient (Wildman–Crippen LogP) is 2.00. The highest BCUT2D eigenvalue weighted by molar-refractivity contribution is 7.92. The molecule has 0 saturated heterocycles. The highest BCUT2D eigenvalue weighted by atomic mass is 32.2. The van der Waals surface area contributed by atoms with Crippen molar-refractivity contribution in [3.63, 3.8) is 0 Å². The van der Waals surface area contributed by atoms with E-state index in [0.717, 1.165) is 5.56 Å². The third-order valence-electron chi connectivity index (χ3n) is 3.56. The van der Waals surface area contributed by atoms with Gasteiger partial charge in [-0.3, -0.25) is 9.29 Å². The fourth-order valence-electron chi connectivity index (χ4n) is 2.28. The third-order valence-corrected chi connectivity index (χ3v) is 4.94. The molecule has 2 aromatic carbocycles. The first-order chi connectivity index (χ1) is 11.4. The van der Waals surface area contributed by atoms with Gasteiger partial charge in [-0.1, -0.05) is 12.1 Å². The Morgan fingerprint density at radius 3 is 2.58 bits per heavy atom. The first-order valence-electron chi connectivity index (χ1n) is 6.99. The third kappa shape index (κ3) is 2.89. The number of nitrogens with one attached hydrogen (secondary N) is 1. The fourth-order valence-corrected chi connectivity index (χ4v) is 3.35. The Hall–Kier alpha value is -3.05. The van der Waals surface area contributed by atoms with Crippen molar-refractivity contribution in [2.75, 3.05) is 4.72 Å². The normalized spacial score (nSPS) is 11.3. The summed E-state index contributed by atoms with van der Waals surface area (Å²) in [7, 11) is -2.27. The van der Waals surface area contributed by atoms with Crippen LogP contribution in [0.5, 0.6) is 0 Å². The van der Waals surface area contributed by atoms with E-state index in [1.807, 2.05) is 6.07 Å². The van der Waals surface area contributed by atoms with E-state index < -0.39 is 15.8 Å². The molecule has 0 aliphatic heterocycles. The number of hydrogen-bond donors (Lipinski definition) is 1. The van der Waals surface area contributed by atoms with Gasteiger partial charge in [0.15, 0.2) is 5.58 Å². The minimum absolute atomic E-state index is 0.00884. The summed E-state index contributed by atoms with van der Waals surface area (Å²) in [5, 5.41) is 8.64. The number of oxazole rings is 1. The second-order valence-electron chi connectivity index (χ2n) is 5.19. The topological polar surface area (TPSA) is 105 Å². The van der Waals surface area contributed by atoms with Gasteiger partial charge >= 0.3 is 5.76 Å². The minimum atomic E-state index is -3.82. The summed E-state index contributed by atoms with van der Waals surface area (Å²) in [5.74, 6) is -0.555. The van der Waals surface area contributed by atoms with Gasteiger partial charge in [-0.2, -0.15) is 5.26 Å². The maximum atomic E-state index is 12.5. The molecule has 0 saturated carbocycles. The first-order valence-corrected chi connectivity index (χ1v) is 8.47. The number of anilines is 1. The van der Waals surface area contributed by atoms with Crippen molar-refractivity contribution in [3.05, 3.63) is 58.6 Å². The lowest BCUT2D eigenvalue weighted by Gasteiger charge is -2.08. The van der Waals surface area contributed by atoms with Crippen LogP contribution < -0.4 is 10.5 Å². The summed E-state index contributed by atoms with van der Waals surface area (Å²) in [6.45, 7) is 0. The smallest absolute Gasteiger partial charge is 0.408 e. The summed E-state index contributed by atoms with van der Waals surface area (Å²) in [4.78, 5) is 11.5. The first kappa shape index (κ1) is 15.8. The second kappa shape index (κ2) is 5.86. The Balaban J connectivity index is 1.92. The molecule has 1 aromatic heterocycles. The van der Waals surface area contributed by atoms with E-state index in [9.17, 15) is 13.2 Å². The van der Waals surface area contributed by atoms with Gasteiger partial charge in [0.1, 0.15) is 0 Å². The number of aryl methyl sites for hydroxylation is 1. The lowest BCUT2D eigenvalue weighted by molar-refractivity contribution is 0.527. The molecule has 3 aromatic rings. The average Bonchev–Trinajstić information content (AvgIpc) is 2.83. The zero-order valence-electron chi connectivity index (χ0n) is 12.7. The van der Waals surface area contributed by atoms with Gasteiger partial charge in [0.2, 0.25) is 0 Å². The van der Waals surface area contributed by atoms with E-state index in [-0.39, 0.29) is 16.9 Å². The molecule has 0 bridgehead atoms. The van der Waals surface area contributed by atoms with Crippen LogP contribution in [0.25, 0.3) is 11.1 Å². The molecule has 0 radical (unpaired) electrons. The molecule has 0 spiro atoms. The summed E-state index contributed by atoms with van der Waals surface area (Å²) < 4.78 is 33.7. The zero-order chi connectivity index (χ0) is 17.3.